The summed E-state index contributed by atoms with van der Waals surface area (Å²) in [6.45, 7) is 7.79. The average Bonchev–Trinajstić information content (AvgIpc) is 2.68. The van der Waals surface area contributed by atoms with E-state index in [1.807, 2.05) is 0 Å². The Bertz CT molecular complexity index is 747. The number of ether oxygens (including phenoxy) is 7. The first-order valence-electron chi connectivity index (χ1n) is 10.5. The first-order chi connectivity index (χ1) is 15.7. The predicted molar refractivity (Wildman–Crippen MR) is 112 cm³/mol. The van der Waals surface area contributed by atoms with Crippen molar-refractivity contribution in [3.8, 4) is 0 Å². The van der Waals surface area contributed by atoms with Gasteiger partial charge in [-0.25, -0.2) is 9.59 Å². The second-order valence-electron chi connectivity index (χ2n) is 8.42. The van der Waals surface area contributed by atoms with Crippen LogP contribution in [-0.2, 0) is 52.3 Å². The molecule has 1 heterocycles. The number of esters is 4. The Morgan fingerprint density at radius 2 is 1.62 bits per heavy atom. The Hall–Kier alpha value is -2.93. The first kappa shape index (κ1) is 29.1. The molecule has 13 nitrogen and oxygen atoms in total. The van der Waals surface area contributed by atoms with Crippen LogP contribution in [0.1, 0.15) is 48.0 Å². The summed E-state index contributed by atoms with van der Waals surface area (Å²) in [7, 11) is 1.14. The Morgan fingerprint density at radius 3 is 2.12 bits per heavy atom. The van der Waals surface area contributed by atoms with Gasteiger partial charge in [-0.1, -0.05) is 0 Å². The third-order valence-corrected chi connectivity index (χ3v) is 4.18. The zero-order chi connectivity index (χ0) is 26.1. The van der Waals surface area contributed by atoms with Crippen LogP contribution in [0.5, 0.6) is 0 Å². The van der Waals surface area contributed by atoms with Crippen molar-refractivity contribution < 1.29 is 57.1 Å². The highest BCUT2D eigenvalue weighted by atomic mass is 16.7. The molecule has 0 bridgehead atoms. The van der Waals surface area contributed by atoms with Crippen LogP contribution in [0.2, 0.25) is 0 Å². The molecule has 1 rings (SSSR count). The van der Waals surface area contributed by atoms with Crippen molar-refractivity contribution in [3.05, 3.63) is 0 Å². The summed E-state index contributed by atoms with van der Waals surface area (Å²) in [5, 5.41) is 2.35. The Kier molecular flexibility index (Phi) is 11.2. The molecule has 3 unspecified atom stereocenters. The lowest BCUT2D eigenvalue weighted by Crippen LogP contribution is -2.55. The molecule has 0 aliphatic carbocycles. The number of carbonyl (C=O) groups excluding carboxylic acids is 5. The van der Waals surface area contributed by atoms with E-state index in [9.17, 15) is 24.0 Å². The van der Waals surface area contributed by atoms with Crippen LogP contribution >= 0.6 is 0 Å². The molecule has 0 aromatic heterocycles. The molecule has 13 heteroatoms. The van der Waals surface area contributed by atoms with Crippen LogP contribution in [-0.4, -0.2) is 86.5 Å². The molecule has 1 N–H and O–H groups in total. The van der Waals surface area contributed by atoms with Crippen molar-refractivity contribution in [1.82, 2.24) is 5.32 Å². The molecule has 1 amide bonds. The van der Waals surface area contributed by atoms with E-state index in [1.165, 1.54) is 20.8 Å². The molecule has 0 aromatic rings. The largest absolute Gasteiger partial charge is 0.467 e. The van der Waals surface area contributed by atoms with Crippen molar-refractivity contribution in [3.63, 3.8) is 0 Å². The number of rotatable bonds is 9. The third-order valence-electron chi connectivity index (χ3n) is 4.18. The SMILES string of the molecule is COC(=O)[C@H](CO[C@@H]1CC(OC(C)=O)C(OC(C)=O)C(COC(C)=O)O1)NC(=O)OC(C)(C)C. The number of alkyl carbamates (subject to hydrolysis) is 1. The maximum atomic E-state index is 12.1. The molecule has 0 spiro atoms. The number of amides is 1. The van der Waals surface area contributed by atoms with Gasteiger partial charge in [-0.2, -0.15) is 0 Å². The summed E-state index contributed by atoms with van der Waals surface area (Å²) in [6.07, 6.45) is -5.12. The van der Waals surface area contributed by atoms with Gasteiger partial charge in [-0.15, -0.1) is 0 Å². The highest BCUT2D eigenvalue weighted by molar-refractivity contribution is 5.81. The predicted octanol–water partition coefficient (Wildman–Crippen LogP) is 0.611. The van der Waals surface area contributed by atoms with Gasteiger partial charge in [0.25, 0.3) is 0 Å². The van der Waals surface area contributed by atoms with Crippen LogP contribution < -0.4 is 5.32 Å². The van der Waals surface area contributed by atoms with Gasteiger partial charge in [0, 0.05) is 27.2 Å². The molecule has 5 atom stereocenters. The van der Waals surface area contributed by atoms with E-state index in [1.54, 1.807) is 20.8 Å². The number of nitrogens with one attached hydrogen (secondary N) is 1. The topological polar surface area (TPSA) is 162 Å². The molecular weight excluding hydrogens is 458 g/mol. The Morgan fingerprint density at radius 1 is 1.00 bits per heavy atom. The fourth-order valence-corrected chi connectivity index (χ4v) is 2.97. The summed E-state index contributed by atoms with van der Waals surface area (Å²) in [5.41, 5.74) is -0.801. The minimum Gasteiger partial charge on any atom is -0.467 e. The van der Waals surface area contributed by atoms with Crippen LogP contribution in [0.25, 0.3) is 0 Å². The van der Waals surface area contributed by atoms with Crippen LogP contribution in [0.3, 0.4) is 0 Å². The standard InChI is InChI=1S/C21H33NO12/c1-11(23)29-10-16-18(32-13(3)25)15(31-12(2)24)8-17(33-16)30-9-14(19(26)28-7)22-20(27)34-21(4,5)6/h14-18H,8-10H2,1-7H3,(H,22,27)/t14-,15?,16?,17-,18?/m0/s1. The summed E-state index contributed by atoms with van der Waals surface area (Å²) < 4.78 is 36.7. The van der Waals surface area contributed by atoms with Gasteiger partial charge in [0.05, 0.1) is 13.7 Å². The monoisotopic (exact) mass is 491 g/mol. The van der Waals surface area contributed by atoms with Crippen LogP contribution in [0.15, 0.2) is 0 Å². The van der Waals surface area contributed by atoms with E-state index in [-0.39, 0.29) is 19.6 Å². The molecule has 1 aliphatic rings. The van der Waals surface area contributed by atoms with Crippen molar-refractivity contribution >= 4 is 30.0 Å². The molecule has 194 valence electrons. The molecular formula is C21H33NO12. The molecule has 1 saturated heterocycles. The first-order valence-corrected chi connectivity index (χ1v) is 10.5. The summed E-state index contributed by atoms with van der Waals surface area (Å²) in [5.74, 6) is -2.71. The number of hydrogen-bond donors (Lipinski definition) is 1. The summed E-state index contributed by atoms with van der Waals surface area (Å²) in [6, 6.07) is -1.24. The fourth-order valence-electron chi connectivity index (χ4n) is 2.97. The van der Waals surface area contributed by atoms with Crippen molar-refractivity contribution in [2.24, 2.45) is 0 Å². The van der Waals surface area contributed by atoms with E-state index in [0.29, 0.717) is 0 Å². The second kappa shape index (κ2) is 13.1. The van der Waals surface area contributed by atoms with Crippen molar-refractivity contribution in [2.45, 2.75) is 84.2 Å². The van der Waals surface area contributed by atoms with Crippen molar-refractivity contribution in [2.75, 3.05) is 20.3 Å². The Labute approximate surface area is 197 Å². The van der Waals surface area contributed by atoms with Crippen LogP contribution in [0, 0.1) is 0 Å². The molecule has 34 heavy (non-hydrogen) atoms. The van der Waals surface area contributed by atoms with E-state index >= 15 is 0 Å². The van der Waals surface area contributed by atoms with Gasteiger partial charge < -0.3 is 38.5 Å². The fraction of sp³-hybridized carbons (Fsp3) is 0.762. The minimum absolute atomic E-state index is 0.0750. The molecule has 0 aromatic carbocycles. The summed E-state index contributed by atoms with van der Waals surface area (Å²) >= 11 is 0. The third kappa shape index (κ3) is 10.8. The van der Waals surface area contributed by atoms with Gasteiger partial charge in [-0.3, -0.25) is 14.4 Å². The van der Waals surface area contributed by atoms with E-state index in [4.69, 9.17) is 28.4 Å². The van der Waals surface area contributed by atoms with E-state index < -0.39 is 66.2 Å². The van der Waals surface area contributed by atoms with Gasteiger partial charge in [0.1, 0.15) is 24.4 Å². The normalized spacial score (nSPS) is 23.1. The maximum absolute atomic E-state index is 12.1. The molecule has 1 aliphatic heterocycles. The lowest BCUT2D eigenvalue weighted by molar-refractivity contribution is -0.267. The van der Waals surface area contributed by atoms with E-state index in [2.05, 4.69) is 10.1 Å². The number of carbonyl (C=O) groups is 5. The summed E-state index contributed by atoms with van der Waals surface area (Å²) in [4.78, 5) is 58.6. The van der Waals surface area contributed by atoms with Gasteiger partial charge >= 0.3 is 30.0 Å². The molecule has 1 fully saturated rings. The van der Waals surface area contributed by atoms with Gasteiger partial charge in [0.2, 0.25) is 0 Å². The minimum atomic E-state index is -1.24. The van der Waals surface area contributed by atoms with Gasteiger partial charge in [0.15, 0.2) is 18.4 Å². The Balaban J connectivity index is 2.97. The maximum Gasteiger partial charge on any atom is 0.408 e. The lowest BCUT2D eigenvalue weighted by atomic mass is 10.0. The lowest BCUT2D eigenvalue weighted by Gasteiger charge is -2.40. The molecule has 0 radical (unpaired) electrons. The number of methoxy groups -OCH3 is 1. The zero-order valence-electron chi connectivity index (χ0n) is 20.4. The van der Waals surface area contributed by atoms with Crippen LogP contribution in [0.4, 0.5) is 4.79 Å². The quantitative estimate of drug-likeness (QED) is 0.354. The zero-order valence-corrected chi connectivity index (χ0v) is 20.4. The average molecular weight is 491 g/mol. The number of hydrogen-bond acceptors (Lipinski definition) is 12. The van der Waals surface area contributed by atoms with Crippen molar-refractivity contribution in [1.29, 1.82) is 0 Å². The van der Waals surface area contributed by atoms with E-state index in [0.717, 1.165) is 7.11 Å². The smallest absolute Gasteiger partial charge is 0.408 e. The second-order valence-corrected chi connectivity index (χ2v) is 8.42. The highest BCUT2D eigenvalue weighted by Crippen LogP contribution is 2.27. The molecule has 0 saturated carbocycles. The highest BCUT2D eigenvalue weighted by Gasteiger charge is 2.44. The van der Waals surface area contributed by atoms with Gasteiger partial charge in [-0.05, 0) is 20.8 Å².